The molecule has 4 heterocycles. The van der Waals surface area contributed by atoms with Crippen molar-refractivity contribution in [2.45, 2.75) is 36.0 Å². The molecule has 7 rings (SSSR count). The van der Waals surface area contributed by atoms with E-state index in [0.29, 0.717) is 44.3 Å². The number of aromatic nitrogens is 1. The van der Waals surface area contributed by atoms with E-state index in [4.69, 9.17) is 37.7 Å². The minimum absolute atomic E-state index is 0.150. The number of hydrogen-bond acceptors (Lipinski definition) is 8. The van der Waals surface area contributed by atoms with Gasteiger partial charge in [-0.2, -0.15) is 0 Å². The SMILES string of the molecule is CO[C@H]1[C@H](O)[C@@H](O)[C@H](n2c3c(Cl)cccc3c3c4c(c5c(c32)N=C2C5=CC=CC2Cl)C(=O)NC4=O)O[C@@H]1CO. The number of nitrogens with zero attached hydrogens (tertiary/aromatic N) is 2. The summed E-state index contributed by atoms with van der Waals surface area (Å²) in [5.74, 6) is -1.13. The Bertz CT molecular complexity index is 1720. The van der Waals surface area contributed by atoms with Gasteiger partial charge in [-0.15, -0.1) is 11.6 Å². The summed E-state index contributed by atoms with van der Waals surface area (Å²) < 4.78 is 13.0. The van der Waals surface area contributed by atoms with Gasteiger partial charge in [-0.3, -0.25) is 14.9 Å². The lowest BCUT2D eigenvalue weighted by Gasteiger charge is -2.42. The molecule has 3 aliphatic heterocycles. The summed E-state index contributed by atoms with van der Waals surface area (Å²) in [6.07, 6.45) is -0.912. The number of aliphatic hydroxyl groups excluding tert-OH is 3. The Kier molecular flexibility index (Phi) is 5.56. The van der Waals surface area contributed by atoms with Gasteiger partial charge >= 0.3 is 0 Å². The maximum atomic E-state index is 13.3. The molecule has 0 radical (unpaired) electrons. The van der Waals surface area contributed by atoms with E-state index < -0.39 is 54.4 Å². The van der Waals surface area contributed by atoms with Crippen LogP contribution in [-0.2, 0) is 9.47 Å². The minimum atomic E-state index is -1.52. The average Bonchev–Trinajstić information content (AvgIpc) is 3.56. The van der Waals surface area contributed by atoms with Crippen molar-refractivity contribution in [3.8, 4) is 0 Å². The zero-order valence-electron chi connectivity index (χ0n) is 20.3. The van der Waals surface area contributed by atoms with Crippen molar-refractivity contribution >= 4 is 73.8 Å². The number of imide groups is 1. The largest absolute Gasteiger partial charge is 0.394 e. The van der Waals surface area contributed by atoms with Crippen molar-refractivity contribution in [2.75, 3.05) is 13.7 Å². The number of methoxy groups -OCH3 is 1. The molecule has 39 heavy (non-hydrogen) atoms. The number of aliphatic imine (C=N–C) groups is 1. The maximum Gasteiger partial charge on any atom is 0.259 e. The van der Waals surface area contributed by atoms with Crippen molar-refractivity contribution in [3.63, 3.8) is 0 Å². The average molecular weight is 570 g/mol. The smallest absolute Gasteiger partial charge is 0.259 e. The minimum Gasteiger partial charge on any atom is -0.394 e. The van der Waals surface area contributed by atoms with Crippen LogP contribution in [0, 0.1) is 0 Å². The number of fused-ring (bicyclic) bond motifs is 10. The number of hydrogen-bond donors (Lipinski definition) is 4. The number of allylic oxidation sites excluding steroid dienone is 4. The zero-order valence-corrected chi connectivity index (χ0v) is 21.8. The van der Waals surface area contributed by atoms with E-state index in [1.54, 1.807) is 41.0 Å². The van der Waals surface area contributed by atoms with E-state index in [-0.39, 0.29) is 16.1 Å². The normalized spacial score (nSPS) is 29.4. The second-order valence-corrected chi connectivity index (χ2v) is 10.7. The second-order valence-electron chi connectivity index (χ2n) is 9.78. The first kappa shape index (κ1) is 24.9. The van der Waals surface area contributed by atoms with Crippen LogP contribution >= 0.6 is 23.2 Å². The summed E-state index contributed by atoms with van der Waals surface area (Å²) in [4.78, 5) is 31.3. The summed E-state index contributed by atoms with van der Waals surface area (Å²) in [6.45, 7) is -0.497. The highest BCUT2D eigenvalue weighted by Gasteiger charge is 2.48. The van der Waals surface area contributed by atoms with Gasteiger partial charge in [0.25, 0.3) is 11.8 Å². The Balaban J connectivity index is 1.65. The second kappa shape index (κ2) is 8.70. The molecule has 0 spiro atoms. The molecule has 1 saturated heterocycles. The summed E-state index contributed by atoms with van der Waals surface area (Å²) >= 11 is 13.3. The van der Waals surface area contributed by atoms with Crippen molar-refractivity contribution < 1.29 is 34.4 Å². The predicted molar refractivity (Wildman–Crippen MR) is 144 cm³/mol. The van der Waals surface area contributed by atoms with Crippen LogP contribution in [0.2, 0.25) is 5.02 Å². The Morgan fingerprint density at radius 3 is 2.64 bits per heavy atom. The third-order valence-electron chi connectivity index (χ3n) is 7.81. The van der Waals surface area contributed by atoms with Crippen LogP contribution in [-0.4, -0.2) is 80.9 Å². The van der Waals surface area contributed by atoms with E-state index in [1.807, 2.05) is 0 Å². The van der Waals surface area contributed by atoms with Crippen LogP contribution < -0.4 is 5.32 Å². The van der Waals surface area contributed by atoms with E-state index in [2.05, 4.69) is 5.32 Å². The summed E-state index contributed by atoms with van der Waals surface area (Å²) in [6, 6.07) is 5.10. The third-order valence-corrected chi connectivity index (χ3v) is 8.47. The molecule has 1 aliphatic carbocycles. The van der Waals surface area contributed by atoms with Crippen molar-refractivity contribution in [3.05, 3.63) is 58.1 Å². The van der Waals surface area contributed by atoms with E-state index >= 15 is 0 Å². The fourth-order valence-corrected chi connectivity index (χ4v) is 6.72. The number of carbonyl (C=O) groups excluding carboxylic acids is 2. The van der Waals surface area contributed by atoms with Crippen LogP contribution in [0.5, 0.6) is 0 Å². The van der Waals surface area contributed by atoms with Gasteiger partial charge in [-0.05, 0) is 6.07 Å². The molecule has 2 amide bonds. The molecule has 1 fully saturated rings. The molecule has 12 heteroatoms. The molecule has 4 N–H and O–H groups in total. The van der Waals surface area contributed by atoms with Gasteiger partial charge in [0.15, 0.2) is 6.23 Å². The first-order valence-electron chi connectivity index (χ1n) is 12.2. The number of ether oxygens (including phenoxy) is 2. The molecule has 0 saturated carbocycles. The number of benzene rings is 2. The van der Waals surface area contributed by atoms with Crippen molar-refractivity contribution in [1.82, 2.24) is 9.88 Å². The van der Waals surface area contributed by atoms with Gasteiger partial charge in [0, 0.05) is 29.0 Å². The monoisotopic (exact) mass is 569 g/mol. The molecular weight excluding hydrogens is 549 g/mol. The fraction of sp³-hybridized carbons (Fsp3) is 0.296. The first-order valence-corrected chi connectivity index (χ1v) is 13.0. The highest BCUT2D eigenvalue weighted by molar-refractivity contribution is 6.49. The number of nitrogens with one attached hydrogen (secondary N) is 1. The Hall–Kier alpha value is -3.09. The van der Waals surface area contributed by atoms with E-state index in [1.165, 1.54) is 7.11 Å². The summed E-state index contributed by atoms with van der Waals surface area (Å²) in [5, 5.41) is 35.3. The van der Waals surface area contributed by atoms with Gasteiger partial charge in [-0.1, -0.05) is 42.0 Å². The highest BCUT2D eigenvalue weighted by atomic mass is 35.5. The Morgan fingerprint density at radius 1 is 1.13 bits per heavy atom. The van der Waals surface area contributed by atoms with E-state index in [9.17, 15) is 24.9 Å². The van der Waals surface area contributed by atoms with Crippen LogP contribution in [0.3, 0.4) is 0 Å². The summed E-state index contributed by atoms with van der Waals surface area (Å²) in [7, 11) is 1.35. The lowest BCUT2D eigenvalue weighted by atomic mass is 9.89. The molecule has 4 aliphatic rings. The van der Waals surface area contributed by atoms with Crippen LogP contribution in [0.15, 0.2) is 41.4 Å². The number of amides is 2. The van der Waals surface area contributed by atoms with Gasteiger partial charge in [0.1, 0.15) is 24.4 Å². The number of para-hydroxylation sites is 1. The lowest BCUT2D eigenvalue weighted by molar-refractivity contribution is -0.255. The quantitative estimate of drug-likeness (QED) is 0.280. The zero-order chi connectivity index (χ0) is 27.3. The lowest BCUT2D eigenvalue weighted by Crippen LogP contribution is -2.57. The highest BCUT2D eigenvalue weighted by Crippen LogP contribution is 2.52. The fourth-order valence-electron chi connectivity index (χ4n) is 6.20. The number of alkyl halides is 1. The molecule has 200 valence electrons. The molecule has 6 atom stereocenters. The molecule has 1 unspecified atom stereocenters. The summed E-state index contributed by atoms with van der Waals surface area (Å²) in [5.41, 5.74) is 3.01. The number of aliphatic hydroxyl groups is 3. The molecule has 3 aromatic rings. The van der Waals surface area contributed by atoms with Gasteiger partial charge < -0.3 is 29.4 Å². The van der Waals surface area contributed by atoms with Gasteiger partial charge in [0.2, 0.25) is 0 Å². The first-order chi connectivity index (χ1) is 18.8. The Labute approximate surface area is 230 Å². The van der Waals surface area contributed by atoms with Crippen LogP contribution in [0.1, 0.15) is 32.5 Å². The molecular formula is C27H21Cl2N3O7. The maximum absolute atomic E-state index is 13.3. The van der Waals surface area contributed by atoms with E-state index in [0.717, 1.165) is 0 Å². The number of rotatable bonds is 3. The number of carbonyl (C=O) groups is 2. The molecule has 10 nitrogen and oxygen atoms in total. The van der Waals surface area contributed by atoms with Crippen LogP contribution in [0.25, 0.3) is 27.4 Å². The standard InChI is InChI=1S/C27H21Cl2N3O7/c1-38-24-13(8-33)39-27(23(35)22(24)34)32-20-10(5-3-7-12(20)29)15-17-16(25(36)31-26(17)37)14-9-4-2-6-11(28)18(9)30-19(14)21(15)32/h2-7,11,13,22-24,27,33-35H,8H2,1H3,(H,31,36,37)/t11?,13-,22-,23-,24-,27-/m1/s1. The molecule has 0 bridgehead atoms. The van der Waals surface area contributed by atoms with Crippen molar-refractivity contribution in [2.24, 2.45) is 4.99 Å². The van der Waals surface area contributed by atoms with Crippen molar-refractivity contribution in [1.29, 1.82) is 0 Å². The Morgan fingerprint density at radius 2 is 1.90 bits per heavy atom. The topological polar surface area (TPSA) is 143 Å². The van der Waals surface area contributed by atoms with Gasteiger partial charge in [-0.25, -0.2) is 4.99 Å². The van der Waals surface area contributed by atoms with Gasteiger partial charge in [0.05, 0.1) is 50.6 Å². The van der Waals surface area contributed by atoms with Crippen LogP contribution in [0.4, 0.5) is 5.69 Å². The third kappa shape index (κ3) is 3.19. The molecule has 2 aromatic carbocycles. The predicted octanol–water partition coefficient (Wildman–Crippen LogP) is 2.60. The number of halogens is 2. The molecule has 1 aromatic heterocycles.